The second-order valence-electron chi connectivity index (χ2n) is 3.10. The zero-order valence-electron chi connectivity index (χ0n) is 6.63. The Morgan fingerprint density at radius 3 is 3.17 bits per heavy atom. The number of nitrogens with one attached hydrogen (secondary N) is 1. The Morgan fingerprint density at radius 1 is 1.25 bits per heavy atom. The number of rotatable bonds is 0. The summed E-state index contributed by atoms with van der Waals surface area (Å²) in [6, 6.07) is 8.42. The van der Waals surface area contributed by atoms with Gasteiger partial charge in [-0.25, -0.2) is 0 Å². The van der Waals surface area contributed by atoms with Gasteiger partial charge in [0.05, 0.1) is 5.70 Å². The molecule has 60 valence electrons. The highest BCUT2D eigenvalue weighted by Gasteiger charge is 2.25. The largest absolute Gasteiger partial charge is 0.475 e. The van der Waals surface area contributed by atoms with Crippen molar-refractivity contribution in [1.82, 2.24) is 5.32 Å². The van der Waals surface area contributed by atoms with Crippen molar-refractivity contribution in [3.05, 3.63) is 41.2 Å². The monoisotopic (exact) mass is 159 g/mol. The standard InChI is InChI=1S/C10H9NO/c1-2-4-8-7(3-1)5-9-10(8)11-6-12-9/h1-4,11H,5-6H2. The molecule has 2 heteroatoms. The first kappa shape index (κ1) is 6.12. The quantitative estimate of drug-likeness (QED) is 0.619. The second kappa shape index (κ2) is 2.03. The smallest absolute Gasteiger partial charge is 0.158 e. The molecule has 0 saturated heterocycles. The molecule has 0 fully saturated rings. The van der Waals surface area contributed by atoms with Crippen LogP contribution in [0.15, 0.2) is 30.0 Å². The third-order valence-electron chi connectivity index (χ3n) is 2.41. The first-order chi connectivity index (χ1) is 5.95. The molecule has 1 heterocycles. The average molecular weight is 159 g/mol. The van der Waals surface area contributed by atoms with E-state index < -0.39 is 0 Å². The summed E-state index contributed by atoms with van der Waals surface area (Å²) >= 11 is 0. The van der Waals surface area contributed by atoms with Gasteiger partial charge in [0.1, 0.15) is 5.76 Å². The van der Waals surface area contributed by atoms with Crippen molar-refractivity contribution in [2.75, 3.05) is 6.73 Å². The van der Waals surface area contributed by atoms with Gasteiger partial charge in [0, 0.05) is 12.0 Å². The molecule has 0 saturated carbocycles. The van der Waals surface area contributed by atoms with Crippen LogP contribution in [0.4, 0.5) is 0 Å². The Hall–Kier alpha value is -1.44. The van der Waals surface area contributed by atoms with Gasteiger partial charge in [0.15, 0.2) is 6.73 Å². The summed E-state index contributed by atoms with van der Waals surface area (Å²) in [5.74, 6) is 1.11. The number of benzene rings is 1. The minimum Gasteiger partial charge on any atom is -0.475 e. The third kappa shape index (κ3) is 0.644. The predicted octanol–water partition coefficient (Wildman–Crippen LogP) is 1.49. The average Bonchev–Trinajstić information content (AvgIpc) is 2.62. The van der Waals surface area contributed by atoms with Crippen molar-refractivity contribution in [3.63, 3.8) is 0 Å². The zero-order chi connectivity index (χ0) is 7.97. The van der Waals surface area contributed by atoms with Crippen molar-refractivity contribution in [2.45, 2.75) is 6.42 Å². The van der Waals surface area contributed by atoms with Crippen LogP contribution in [0.1, 0.15) is 11.1 Å². The van der Waals surface area contributed by atoms with E-state index in [0.717, 1.165) is 12.2 Å². The third-order valence-corrected chi connectivity index (χ3v) is 2.41. The fourth-order valence-electron chi connectivity index (χ4n) is 1.84. The lowest BCUT2D eigenvalue weighted by Gasteiger charge is -2.03. The Bertz CT molecular complexity index is 368. The number of allylic oxidation sites excluding steroid dienone is 1. The Labute approximate surface area is 70.9 Å². The van der Waals surface area contributed by atoms with Gasteiger partial charge < -0.3 is 10.1 Å². The maximum Gasteiger partial charge on any atom is 0.158 e. The van der Waals surface area contributed by atoms with Crippen LogP contribution in [0.3, 0.4) is 0 Å². The maximum absolute atomic E-state index is 5.43. The highest BCUT2D eigenvalue weighted by Crippen LogP contribution is 2.33. The Kier molecular flexibility index (Phi) is 1.04. The number of ether oxygens (including phenoxy) is 1. The highest BCUT2D eigenvalue weighted by molar-refractivity contribution is 5.74. The summed E-state index contributed by atoms with van der Waals surface area (Å²) in [6.45, 7) is 0.638. The zero-order valence-corrected chi connectivity index (χ0v) is 6.63. The Morgan fingerprint density at radius 2 is 2.17 bits per heavy atom. The van der Waals surface area contributed by atoms with Crippen molar-refractivity contribution in [2.24, 2.45) is 0 Å². The molecule has 0 spiro atoms. The molecule has 0 unspecified atom stereocenters. The van der Waals surface area contributed by atoms with Crippen molar-refractivity contribution < 1.29 is 4.74 Å². The highest BCUT2D eigenvalue weighted by atomic mass is 16.5. The van der Waals surface area contributed by atoms with Crippen LogP contribution in [0, 0.1) is 0 Å². The van der Waals surface area contributed by atoms with Crippen molar-refractivity contribution in [1.29, 1.82) is 0 Å². The van der Waals surface area contributed by atoms with Crippen LogP contribution < -0.4 is 5.32 Å². The molecule has 1 aromatic rings. The minimum atomic E-state index is 0.638. The summed E-state index contributed by atoms with van der Waals surface area (Å²) in [4.78, 5) is 0. The van der Waals surface area contributed by atoms with E-state index in [1.54, 1.807) is 0 Å². The van der Waals surface area contributed by atoms with Crippen LogP contribution in [0.5, 0.6) is 0 Å². The fraction of sp³-hybridized carbons (Fsp3) is 0.200. The van der Waals surface area contributed by atoms with Gasteiger partial charge in [-0.2, -0.15) is 0 Å². The molecule has 1 N–H and O–H groups in total. The van der Waals surface area contributed by atoms with E-state index >= 15 is 0 Å². The van der Waals surface area contributed by atoms with Crippen LogP contribution >= 0.6 is 0 Å². The van der Waals surface area contributed by atoms with E-state index in [0.29, 0.717) is 6.73 Å². The van der Waals surface area contributed by atoms with E-state index in [9.17, 15) is 0 Å². The molecule has 2 aliphatic rings. The summed E-state index contributed by atoms with van der Waals surface area (Å²) in [6.07, 6.45) is 0.957. The van der Waals surface area contributed by atoms with Gasteiger partial charge in [-0.05, 0) is 5.56 Å². The van der Waals surface area contributed by atoms with Gasteiger partial charge in [0.2, 0.25) is 0 Å². The SMILES string of the molecule is c1ccc2c(c1)CC1=C2NCO1. The van der Waals surface area contributed by atoms with E-state index in [1.165, 1.54) is 16.8 Å². The van der Waals surface area contributed by atoms with Crippen molar-refractivity contribution in [3.8, 4) is 0 Å². The predicted molar refractivity (Wildman–Crippen MR) is 46.2 cm³/mol. The summed E-state index contributed by atoms with van der Waals surface area (Å²) in [5, 5.41) is 3.23. The summed E-state index contributed by atoms with van der Waals surface area (Å²) < 4.78 is 5.43. The topological polar surface area (TPSA) is 21.3 Å². The lowest BCUT2D eigenvalue weighted by molar-refractivity contribution is 0.227. The summed E-state index contributed by atoms with van der Waals surface area (Å²) in [7, 11) is 0. The molecule has 0 radical (unpaired) electrons. The fourth-order valence-corrected chi connectivity index (χ4v) is 1.84. The molecule has 0 bridgehead atoms. The van der Waals surface area contributed by atoms with E-state index in [1.807, 2.05) is 0 Å². The van der Waals surface area contributed by atoms with Crippen LogP contribution in [0.2, 0.25) is 0 Å². The number of hydrogen-bond donors (Lipinski definition) is 1. The maximum atomic E-state index is 5.43. The van der Waals surface area contributed by atoms with Crippen LogP contribution in [-0.4, -0.2) is 6.73 Å². The van der Waals surface area contributed by atoms with Crippen molar-refractivity contribution >= 4 is 5.70 Å². The molecule has 3 rings (SSSR count). The first-order valence-electron chi connectivity index (χ1n) is 4.13. The number of fused-ring (bicyclic) bond motifs is 2. The number of hydrogen-bond acceptors (Lipinski definition) is 2. The molecule has 1 aromatic carbocycles. The van der Waals surface area contributed by atoms with E-state index in [-0.39, 0.29) is 0 Å². The molecule has 0 aromatic heterocycles. The molecule has 1 aliphatic carbocycles. The molecule has 0 amide bonds. The van der Waals surface area contributed by atoms with E-state index in [4.69, 9.17) is 4.74 Å². The van der Waals surface area contributed by atoms with Gasteiger partial charge in [0.25, 0.3) is 0 Å². The Balaban J connectivity index is 2.18. The summed E-state index contributed by atoms with van der Waals surface area (Å²) in [5.41, 5.74) is 3.88. The lowest BCUT2D eigenvalue weighted by Crippen LogP contribution is -2.07. The molecule has 1 aliphatic heterocycles. The van der Waals surface area contributed by atoms with Gasteiger partial charge >= 0.3 is 0 Å². The van der Waals surface area contributed by atoms with Crippen LogP contribution in [-0.2, 0) is 11.2 Å². The molecular weight excluding hydrogens is 150 g/mol. The van der Waals surface area contributed by atoms with Gasteiger partial charge in [-0.1, -0.05) is 24.3 Å². The first-order valence-corrected chi connectivity index (χ1v) is 4.13. The molecule has 2 nitrogen and oxygen atoms in total. The lowest BCUT2D eigenvalue weighted by atomic mass is 10.1. The minimum absolute atomic E-state index is 0.638. The second-order valence-corrected chi connectivity index (χ2v) is 3.10. The van der Waals surface area contributed by atoms with E-state index in [2.05, 4.69) is 29.6 Å². The normalized spacial score (nSPS) is 18.3. The molecule has 12 heavy (non-hydrogen) atoms. The van der Waals surface area contributed by atoms with Gasteiger partial charge in [-0.15, -0.1) is 0 Å². The molecular formula is C10H9NO. The van der Waals surface area contributed by atoms with Crippen LogP contribution in [0.25, 0.3) is 5.70 Å². The molecule has 0 atom stereocenters. The van der Waals surface area contributed by atoms with Gasteiger partial charge in [-0.3, -0.25) is 0 Å².